The number of amides is 1. The van der Waals surface area contributed by atoms with E-state index in [0.717, 1.165) is 19.4 Å². The van der Waals surface area contributed by atoms with Gasteiger partial charge in [-0.15, -0.1) is 0 Å². The fourth-order valence-electron chi connectivity index (χ4n) is 2.64. The van der Waals surface area contributed by atoms with Gasteiger partial charge in [0.15, 0.2) is 0 Å². The zero-order valence-electron chi connectivity index (χ0n) is 13.0. The predicted molar refractivity (Wildman–Crippen MR) is 90.9 cm³/mol. The number of rotatable bonds is 5. The van der Waals surface area contributed by atoms with Crippen molar-refractivity contribution in [2.45, 2.75) is 19.8 Å². The van der Waals surface area contributed by atoms with Crippen molar-refractivity contribution in [3.8, 4) is 0 Å². The van der Waals surface area contributed by atoms with Crippen LogP contribution in [-0.2, 0) is 14.3 Å². The van der Waals surface area contributed by atoms with Crippen LogP contribution in [0.15, 0.2) is 18.2 Å². The second-order valence-electron chi connectivity index (χ2n) is 5.50. The normalized spacial score (nSPS) is 18.5. The standard InChI is InChI=1S/C16H20Cl2N2O3/c1-2-23-16(22)11-4-3-7-20(9-11)10-15(21)19-14-8-12(17)5-6-13(14)18/h5-6,8,11H,2-4,7,9-10H2,1H3,(H,19,21). The molecular weight excluding hydrogens is 339 g/mol. The zero-order valence-corrected chi connectivity index (χ0v) is 14.5. The maximum Gasteiger partial charge on any atom is 0.310 e. The SMILES string of the molecule is CCOC(=O)C1CCCN(CC(=O)Nc2cc(Cl)ccc2Cl)C1. The Hall–Kier alpha value is -1.30. The molecule has 1 heterocycles. The molecule has 1 N–H and O–H groups in total. The van der Waals surface area contributed by atoms with Crippen LogP contribution in [0.5, 0.6) is 0 Å². The average Bonchev–Trinajstić information content (AvgIpc) is 2.51. The predicted octanol–water partition coefficient (Wildman–Crippen LogP) is 3.21. The fourth-order valence-corrected chi connectivity index (χ4v) is 2.97. The highest BCUT2D eigenvalue weighted by Gasteiger charge is 2.27. The van der Waals surface area contributed by atoms with Crippen LogP contribution < -0.4 is 5.32 Å². The summed E-state index contributed by atoms with van der Waals surface area (Å²) < 4.78 is 5.06. The molecule has 1 saturated heterocycles. The molecule has 1 aromatic rings. The van der Waals surface area contributed by atoms with E-state index in [2.05, 4.69) is 5.32 Å². The van der Waals surface area contributed by atoms with Gasteiger partial charge in [0.05, 0.1) is 29.8 Å². The molecule has 2 rings (SSSR count). The van der Waals surface area contributed by atoms with Crippen molar-refractivity contribution in [1.82, 2.24) is 4.90 Å². The van der Waals surface area contributed by atoms with Gasteiger partial charge in [-0.1, -0.05) is 23.2 Å². The molecule has 23 heavy (non-hydrogen) atoms. The van der Waals surface area contributed by atoms with Crippen LogP contribution in [0.25, 0.3) is 0 Å². The summed E-state index contributed by atoms with van der Waals surface area (Å²) in [6.07, 6.45) is 1.67. The molecule has 0 aliphatic carbocycles. The summed E-state index contributed by atoms with van der Waals surface area (Å²) in [7, 11) is 0. The van der Waals surface area contributed by atoms with Gasteiger partial charge in [-0.25, -0.2) is 0 Å². The summed E-state index contributed by atoms with van der Waals surface area (Å²) in [5, 5.41) is 3.69. The molecule has 1 aliphatic rings. The maximum atomic E-state index is 12.2. The van der Waals surface area contributed by atoms with Gasteiger partial charge >= 0.3 is 5.97 Å². The summed E-state index contributed by atoms with van der Waals surface area (Å²) in [6, 6.07) is 4.91. The van der Waals surface area contributed by atoms with E-state index in [0.29, 0.717) is 28.9 Å². The number of esters is 1. The molecule has 1 unspecified atom stereocenters. The van der Waals surface area contributed by atoms with Crippen molar-refractivity contribution >= 4 is 40.8 Å². The molecule has 126 valence electrons. The number of nitrogens with zero attached hydrogens (tertiary/aromatic N) is 1. The molecular formula is C16H20Cl2N2O3. The lowest BCUT2D eigenvalue weighted by molar-refractivity contribution is -0.150. The van der Waals surface area contributed by atoms with Crippen molar-refractivity contribution in [2.24, 2.45) is 5.92 Å². The van der Waals surface area contributed by atoms with Gasteiger partial charge in [-0.2, -0.15) is 0 Å². The van der Waals surface area contributed by atoms with Gasteiger partial charge < -0.3 is 10.1 Å². The Morgan fingerprint density at radius 2 is 2.17 bits per heavy atom. The third-order valence-electron chi connectivity index (χ3n) is 3.70. The van der Waals surface area contributed by atoms with Gasteiger partial charge in [0.1, 0.15) is 0 Å². The van der Waals surface area contributed by atoms with Gasteiger partial charge in [-0.05, 0) is 44.5 Å². The van der Waals surface area contributed by atoms with Gasteiger partial charge in [0.2, 0.25) is 5.91 Å². The van der Waals surface area contributed by atoms with E-state index < -0.39 is 0 Å². The summed E-state index contributed by atoms with van der Waals surface area (Å²) in [5.41, 5.74) is 0.489. The van der Waals surface area contributed by atoms with E-state index in [-0.39, 0.29) is 24.3 Å². The fraction of sp³-hybridized carbons (Fsp3) is 0.500. The first-order valence-electron chi connectivity index (χ1n) is 7.63. The second-order valence-corrected chi connectivity index (χ2v) is 6.34. The van der Waals surface area contributed by atoms with E-state index >= 15 is 0 Å². The first kappa shape index (κ1) is 18.0. The lowest BCUT2D eigenvalue weighted by Crippen LogP contribution is -2.43. The van der Waals surface area contributed by atoms with Crippen LogP contribution in [0.2, 0.25) is 10.0 Å². The van der Waals surface area contributed by atoms with Crippen LogP contribution in [0, 0.1) is 5.92 Å². The number of benzene rings is 1. The average molecular weight is 359 g/mol. The van der Waals surface area contributed by atoms with Gasteiger partial charge in [0.25, 0.3) is 0 Å². The molecule has 1 atom stereocenters. The number of nitrogens with one attached hydrogen (secondary N) is 1. The Kier molecular flexibility index (Phi) is 6.69. The van der Waals surface area contributed by atoms with Crippen molar-refractivity contribution in [2.75, 3.05) is 31.6 Å². The molecule has 0 spiro atoms. The number of piperidine rings is 1. The number of carbonyl (C=O) groups excluding carboxylic acids is 2. The Balaban J connectivity index is 1.89. The van der Waals surface area contributed by atoms with Crippen LogP contribution >= 0.6 is 23.2 Å². The van der Waals surface area contributed by atoms with Crippen molar-refractivity contribution in [3.05, 3.63) is 28.2 Å². The first-order valence-corrected chi connectivity index (χ1v) is 8.39. The van der Waals surface area contributed by atoms with Crippen molar-refractivity contribution in [1.29, 1.82) is 0 Å². The third-order valence-corrected chi connectivity index (χ3v) is 4.26. The summed E-state index contributed by atoms with van der Waals surface area (Å²) in [4.78, 5) is 26.0. The van der Waals surface area contributed by atoms with E-state index in [1.54, 1.807) is 25.1 Å². The minimum atomic E-state index is -0.185. The number of halogens is 2. The molecule has 5 nitrogen and oxygen atoms in total. The van der Waals surface area contributed by atoms with E-state index in [1.165, 1.54) is 0 Å². The Bertz CT molecular complexity index is 580. The van der Waals surface area contributed by atoms with Crippen LogP contribution in [0.4, 0.5) is 5.69 Å². The molecule has 0 radical (unpaired) electrons. The highest BCUT2D eigenvalue weighted by atomic mass is 35.5. The first-order chi connectivity index (χ1) is 11.0. The Morgan fingerprint density at radius 1 is 1.39 bits per heavy atom. The molecule has 1 fully saturated rings. The van der Waals surface area contributed by atoms with E-state index in [4.69, 9.17) is 27.9 Å². The summed E-state index contributed by atoms with van der Waals surface area (Å²) in [6.45, 7) is 3.70. The molecule has 7 heteroatoms. The number of likely N-dealkylation sites (tertiary alicyclic amines) is 1. The summed E-state index contributed by atoms with van der Waals surface area (Å²) in [5.74, 6) is -0.527. The van der Waals surface area contributed by atoms with Gasteiger partial charge in [-0.3, -0.25) is 14.5 Å². The minimum Gasteiger partial charge on any atom is -0.466 e. The topological polar surface area (TPSA) is 58.6 Å². The zero-order chi connectivity index (χ0) is 16.8. The highest BCUT2D eigenvalue weighted by Crippen LogP contribution is 2.25. The maximum absolute atomic E-state index is 12.2. The Labute approximate surface area is 145 Å². The molecule has 1 aromatic carbocycles. The van der Waals surface area contributed by atoms with Crippen LogP contribution in [0.3, 0.4) is 0 Å². The molecule has 1 aliphatic heterocycles. The van der Waals surface area contributed by atoms with Crippen molar-refractivity contribution < 1.29 is 14.3 Å². The van der Waals surface area contributed by atoms with E-state index in [1.807, 2.05) is 4.90 Å². The molecule has 0 aromatic heterocycles. The third kappa shape index (κ3) is 5.37. The van der Waals surface area contributed by atoms with Crippen LogP contribution in [0.1, 0.15) is 19.8 Å². The number of anilines is 1. The van der Waals surface area contributed by atoms with Crippen molar-refractivity contribution in [3.63, 3.8) is 0 Å². The molecule has 0 saturated carbocycles. The quantitative estimate of drug-likeness (QED) is 0.821. The number of hydrogen-bond donors (Lipinski definition) is 1. The Morgan fingerprint density at radius 3 is 2.91 bits per heavy atom. The number of carbonyl (C=O) groups is 2. The second kappa shape index (κ2) is 8.52. The smallest absolute Gasteiger partial charge is 0.310 e. The minimum absolute atomic E-state index is 0.161. The molecule has 0 bridgehead atoms. The highest BCUT2D eigenvalue weighted by molar-refractivity contribution is 6.35. The number of hydrogen-bond acceptors (Lipinski definition) is 4. The number of ether oxygens (including phenoxy) is 1. The summed E-state index contributed by atoms with van der Waals surface area (Å²) >= 11 is 11.9. The van der Waals surface area contributed by atoms with E-state index in [9.17, 15) is 9.59 Å². The molecule has 1 amide bonds. The van der Waals surface area contributed by atoms with Crippen LogP contribution in [-0.4, -0.2) is 43.0 Å². The lowest BCUT2D eigenvalue weighted by atomic mass is 9.98. The monoisotopic (exact) mass is 358 g/mol. The van der Waals surface area contributed by atoms with Gasteiger partial charge in [0, 0.05) is 11.6 Å². The lowest BCUT2D eigenvalue weighted by Gasteiger charge is -2.30. The largest absolute Gasteiger partial charge is 0.466 e.